The molecule has 0 spiro atoms. The molecule has 5 nitrogen and oxygen atoms in total. The van der Waals surface area contributed by atoms with Crippen LogP contribution in [0, 0.1) is 0 Å². The molecule has 0 bridgehead atoms. The lowest BCUT2D eigenvalue weighted by molar-refractivity contribution is 0.429. The smallest absolute Gasteiger partial charge is 0.246 e. The molecule has 1 rings (SSSR count). The minimum atomic E-state index is -3.43. The van der Waals surface area contributed by atoms with Crippen molar-refractivity contribution in [2.75, 3.05) is 19.0 Å². The van der Waals surface area contributed by atoms with E-state index in [0.29, 0.717) is 13.1 Å². The van der Waals surface area contributed by atoms with Crippen molar-refractivity contribution >= 4 is 21.6 Å². The van der Waals surface area contributed by atoms with Gasteiger partial charge in [-0.15, -0.1) is 11.6 Å². The monoisotopic (exact) mass is 251 g/mol. The molecule has 1 N–H and O–H groups in total. The van der Waals surface area contributed by atoms with Crippen molar-refractivity contribution in [2.24, 2.45) is 0 Å². The van der Waals surface area contributed by atoms with Crippen LogP contribution in [0.2, 0.25) is 0 Å². The second-order valence-corrected chi connectivity index (χ2v) is 5.34. The highest BCUT2D eigenvalue weighted by Gasteiger charge is 2.23. The Kier molecular flexibility index (Phi) is 4.56. The average Bonchev–Trinajstić information content (AvgIpc) is 2.70. The first kappa shape index (κ1) is 12.5. The summed E-state index contributed by atoms with van der Waals surface area (Å²) in [4.78, 5) is 0.182. The molecule has 0 aliphatic carbocycles. The first-order chi connectivity index (χ1) is 7.12. The van der Waals surface area contributed by atoms with Gasteiger partial charge in [-0.25, -0.2) is 8.42 Å². The van der Waals surface area contributed by atoms with Gasteiger partial charge >= 0.3 is 0 Å². The molecular weight excluding hydrogens is 238 g/mol. The van der Waals surface area contributed by atoms with Crippen molar-refractivity contribution in [2.45, 2.75) is 18.2 Å². The van der Waals surface area contributed by atoms with Crippen LogP contribution < -0.4 is 0 Å². The molecular formula is C8H14ClN3O2S. The maximum absolute atomic E-state index is 12.0. The number of halogens is 1. The van der Waals surface area contributed by atoms with Crippen LogP contribution in [0.25, 0.3) is 0 Å². The van der Waals surface area contributed by atoms with Gasteiger partial charge in [-0.2, -0.15) is 9.40 Å². The molecule has 1 aromatic heterocycles. The fraction of sp³-hybridized carbons (Fsp3) is 0.625. The maximum Gasteiger partial charge on any atom is 0.246 e. The second kappa shape index (κ2) is 5.48. The van der Waals surface area contributed by atoms with Gasteiger partial charge in [-0.05, 0) is 6.42 Å². The highest BCUT2D eigenvalue weighted by atomic mass is 35.5. The summed E-state index contributed by atoms with van der Waals surface area (Å²) >= 11 is 5.57. The summed E-state index contributed by atoms with van der Waals surface area (Å²) in [5, 5.41) is 6.11. The summed E-state index contributed by atoms with van der Waals surface area (Å²) in [6.07, 6.45) is 3.42. The van der Waals surface area contributed by atoms with Gasteiger partial charge in [0.25, 0.3) is 0 Å². The molecule has 0 saturated carbocycles. The number of nitrogens with one attached hydrogen (secondary N) is 1. The Labute approximate surface area is 94.5 Å². The number of aromatic nitrogens is 2. The third-order valence-electron chi connectivity index (χ3n) is 1.92. The Hall–Kier alpha value is -0.590. The lowest BCUT2D eigenvalue weighted by Crippen LogP contribution is -2.33. The van der Waals surface area contributed by atoms with Crippen molar-refractivity contribution in [3.8, 4) is 0 Å². The fourth-order valence-electron chi connectivity index (χ4n) is 1.23. The summed E-state index contributed by atoms with van der Waals surface area (Å²) in [6.45, 7) is 2.72. The van der Waals surface area contributed by atoms with Gasteiger partial charge in [0, 0.05) is 25.2 Å². The van der Waals surface area contributed by atoms with Crippen molar-refractivity contribution < 1.29 is 8.42 Å². The Morgan fingerprint density at radius 3 is 2.73 bits per heavy atom. The van der Waals surface area contributed by atoms with Gasteiger partial charge in [0.05, 0.1) is 6.20 Å². The Morgan fingerprint density at radius 1 is 1.53 bits per heavy atom. The van der Waals surface area contributed by atoms with E-state index in [2.05, 4.69) is 10.2 Å². The fourth-order valence-corrected chi connectivity index (χ4v) is 2.97. The molecule has 1 aromatic rings. The number of hydrogen-bond donors (Lipinski definition) is 1. The molecule has 86 valence electrons. The van der Waals surface area contributed by atoms with Crippen LogP contribution in [0.15, 0.2) is 17.3 Å². The van der Waals surface area contributed by atoms with Crippen LogP contribution >= 0.6 is 11.6 Å². The van der Waals surface area contributed by atoms with Crippen LogP contribution in [-0.4, -0.2) is 41.9 Å². The van der Waals surface area contributed by atoms with E-state index in [4.69, 9.17) is 11.6 Å². The quantitative estimate of drug-likeness (QED) is 0.769. The maximum atomic E-state index is 12.0. The van der Waals surface area contributed by atoms with Crippen LogP contribution in [0.3, 0.4) is 0 Å². The van der Waals surface area contributed by atoms with Crippen LogP contribution in [0.5, 0.6) is 0 Å². The normalized spacial score (nSPS) is 12.2. The molecule has 0 unspecified atom stereocenters. The second-order valence-electron chi connectivity index (χ2n) is 3.03. The number of sulfonamides is 1. The van der Waals surface area contributed by atoms with Gasteiger partial charge in [0.1, 0.15) is 4.90 Å². The zero-order valence-electron chi connectivity index (χ0n) is 8.48. The number of H-pyrrole nitrogens is 1. The minimum Gasteiger partial charge on any atom is -0.284 e. The van der Waals surface area contributed by atoms with E-state index in [9.17, 15) is 8.42 Å². The Morgan fingerprint density at radius 2 is 2.27 bits per heavy atom. The number of hydrogen-bond acceptors (Lipinski definition) is 3. The van der Waals surface area contributed by atoms with Crippen molar-refractivity contribution in [3.05, 3.63) is 12.4 Å². The van der Waals surface area contributed by atoms with E-state index in [1.54, 1.807) is 0 Å². The van der Waals surface area contributed by atoms with Crippen molar-refractivity contribution in [1.29, 1.82) is 0 Å². The highest BCUT2D eigenvalue weighted by molar-refractivity contribution is 7.89. The van der Waals surface area contributed by atoms with E-state index in [-0.39, 0.29) is 10.8 Å². The number of alkyl halides is 1. The van der Waals surface area contributed by atoms with E-state index in [0.717, 1.165) is 6.42 Å². The molecule has 0 amide bonds. The van der Waals surface area contributed by atoms with Gasteiger partial charge < -0.3 is 0 Å². The first-order valence-electron chi connectivity index (χ1n) is 4.67. The molecule has 1 heterocycles. The highest BCUT2D eigenvalue weighted by Crippen LogP contribution is 2.13. The van der Waals surface area contributed by atoms with E-state index < -0.39 is 10.0 Å². The standard InChI is InChI=1S/C8H14ClN3O2S/c1-2-4-12(5-3-9)15(13,14)8-6-10-11-7-8/h6-7H,2-5H2,1H3,(H,10,11). The number of aromatic amines is 1. The van der Waals surface area contributed by atoms with Crippen molar-refractivity contribution in [1.82, 2.24) is 14.5 Å². The lowest BCUT2D eigenvalue weighted by Gasteiger charge is -2.19. The molecule has 0 atom stereocenters. The topological polar surface area (TPSA) is 66.1 Å². The molecule has 0 fully saturated rings. The predicted octanol–water partition coefficient (Wildman–Crippen LogP) is 1.05. The molecule has 0 radical (unpaired) electrons. The molecule has 0 aliphatic rings. The van der Waals surface area contributed by atoms with E-state index in [1.165, 1.54) is 16.7 Å². The number of nitrogens with zero attached hydrogens (tertiary/aromatic N) is 2. The van der Waals surface area contributed by atoms with Gasteiger partial charge in [0.2, 0.25) is 10.0 Å². The predicted molar refractivity (Wildman–Crippen MR) is 58.4 cm³/mol. The van der Waals surface area contributed by atoms with Crippen LogP contribution in [0.4, 0.5) is 0 Å². The summed E-state index contributed by atoms with van der Waals surface area (Å²) in [7, 11) is -3.43. The summed E-state index contributed by atoms with van der Waals surface area (Å²) < 4.78 is 25.3. The number of rotatable bonds is 6. The summed E-state index contributed by atoms with van der Waals surface area (Å²) in [5.74, 6) is 0.289. The molecule has 15 heavy (non-hydrogen) atoms. The largest absolute Gasteiger partial charge is 0.284 e. The van der Waals surface area contributed by atoms with Crippen LogP contribution in [0.1, 0.15) is 13.3 Å². The van der Waals surface area contributed by atoms with Crippen molar-refractivity contribution in [3.63, 3.8) is 0 Å². The van der Waals surface area contributed by atoms with Crippen LogP contribution in [-0.2, 0) is 10.0 Å². The summed E-state index contributed by atoms with van der Waals surface area (Å²) in [5.41, 5.74) is 0. The molecule has 0 aromatic carbocycles. The summed E-state index contributed by atoms with van der Waals surface area (Å²) in [6, 6.07) is 0. The molecule has 7 heteroatoms. The van der Waals surface area contributed by atoms with Gasteiger partial charge in [-0.1, -0.05) is 6.92 Å². The lowest BCUT2D eigenvalue weighted by atomic mass is 10.5. The zero-order chi connectivity index (χ0) is 11.3. The Balaban J connectivity index is 2.91. The Bertz CT molecular complexity index is 371. The van der Waals surface area contributed by atoms with E-state index in [1.807, 2.05) is 6.92 Å². The molecule has 0 saturated heterocycles. The van der Waals surface area contributed by atoms with E-state index >= 15 is 0 Å². The SMILES string of the molecule is CCCN(CCCl)S(=O)(=O)c1cn[nH]c1. The third kappa shape index (κ3) is 2.93. The first-order valence-corrected chi connectivity index (χ1v) is 6.65. The third-order valence-corrected chi connectivity index (χ3v) is 3.95. The molecule has 0 aliphatic heterocycles. The zero-order valence-corrected chi connectivity index (χ0v) is 10.1. The minimum absolute atomic E-state index is 0.182. The average molecular weight is 252 g/mol. The van der Waals surface area contributed by atoms with Gasteiger partial charge in [-0.3, -0.25) is 5.10 Å². The van der Waals surface area contributed by atoms with Gasteiger partial charge in [0.15, 0.2) is 0 Å².